The lowest BCUT2D eigenvalue weighted by Gasteiger charge is -2.19. The van der Waals surface area contributed by atoms with Crippen molar-refractivity contribution in [2.45, 2.75) is 32.1 Å². The lowest BCUT2D eigenvalue weighted by atomic mass is 9.81. The molecule has 6 nitrogen and oxygen atoms in total. The molecular formula is C20H20ClN3O3S. The fourth-order valence-electron chi connectivity index (χ4n) is 3.97. The number of anilines is 1. The van der Waals surface area contributed by atoms with Crippen LogP contribution in [0.1, 0.15) is 32.1 Å². The number of halogens is 1. The van der Waals surface area contributed by atoms with Gasteiger partial charge in [-0.15, -0.1) is 11.3 Å². The lowest BCUT2D eigenvalue weighted by Crippen LogP contribution is -2.34. The highest BCUT2D eigenvalue weighted by Crippen LogP contribution is 2.38. The predicted molar refractivity (Wildman–Crippen MR) is 108 cm³/mol. The Morgan fingerprint density at radius 3 is 2.54 bits per heavy atom. The number of fused-ring (bicyclic) bond motifs is 1. The van der Waals surface area contributed by atoms with E-state index in [9.17, 15) is 14.4 Å². The number of thiazole rings is 1. The van der Waals surface area contributed by atoms with Crippen LogP contribution in [0.3, 0.4) is 0 Å². The number of hydrogen-bond donors (Lipinski definition) is 1. The van der Waals surface area contributed by atoms with Gasteiger partial charge in [0.05, 0.1) is 17.5 Å². The number of nitrogens with one attached hydrogen (secondary N) is 1. The SMILES string of the molecule is O=C(CCN1C(=O)[C@H]2CCCC[C@@H]2C1=O)Nc1nc(-c2ccccc2Cl)cs1. The third-order valence-corrected chi connectivity index (χ3v) is 6.48. The second kappa shape index (κ2) is 8.01. The molecule has 1 aliphatic carbocycles. The van der Waals surface area contributed by atoms with E-state index in [0.717, 1.165) is 31.2 Å². The van der Waals surface area contributed by atoms with E-state index in [4.69, 9.17) is 11.6 Å². The Morgan fingerprint density at radius 1 is 1.18 bits per heavy atom. The standard InChI is InChI=1S/C20H20ClN3O3S/c21-15-8-4-3-7-14(15)16-11-28-20(22-16)23-17(25)9-10-24-18(26)12-5-1-2-6-13(12)19(24)27/h3-4,7-8,11-13H,1-2,5-6,9-10H2,(H,22,23,25)/t12-,13-/m0/s1. The highest BCUT2D eigenvalue weighted by atomic mass is 35.5. The number of carbonyl (C=O) groups excluding carboxylic acids is 3. The van der Waals surface area contributed by atoms with Gasteiger partial charge in [0.1, 0.15) is 0 Å². The van der Waals surface area contributed by atoms with E-state index >= 15 is 0 Å². The summed E-state index contributed by atoms with van der Waals surface area (Å²) in [6, 6.07) is 7.38. The quantitative estimate of drug-likeness (QED) is 0.746. The first-order chi connectivity index (χ1) is 13.5. The van der Waals surface area contributed by atoms with Gasteiger partial charge in [0.15, 0.2) is 5.13 Å². The minimum absolute atomic E-state index is 0.0674. The van der Waals surface area contributed by atoms with Crippen molar-refractivity contribution in [1.82, 2.24) is 9.88 Å². The Balaban J connectivity index is 1.35. The molecule has 4 rings (SSSR count). The molecule has 1 N–H and O–H groups in total. The first-order valence-corrected chi connectivity index (χ1v) is 10.7. The van der Waals surface area contributed by atoms with Crippen LogP contribution in [0.25, 0.3) is 11.3 Å². The molecule has 8 heteroatoms. The second-order valence-corrected chi connectivity index (χ2v) is 8.41. The number of benzene rings is 1. The van der Waals surface area contributed by atoms with Crippen molar-refractivity contribution in [2.24, 2.45) is 11.8 Å². The van der Waals surface area contributed by atoms with Crippen LogP contribution in [0, 0.1) is 11.8 Å². The second-order valence-electron chi connectivity index (χ2n) is 7.14. The number of carbonyl (C=O) groups is 3. The average Bonchev–Trinajstić information content (AvgIpc) is 3.24. The molecule has 2 aliphatic rings. The van der Waals surface area contributed by atoms with Crippen molar-refractivity contribution in [3.63, 3.8) is 0 Å². The number of amides is 3. The molecule has 1 aliphatic heterocycles. The first-order valence-electron chi connectivity index (χ1n) is 9.40. The zero-order chi connectivity index (χ0) is 19.7. The summed E-state index contributed by atoms with van der Waals surface area (Å²) in [4.78, 5) is 42.9. The number of imide groups is 1. The summed E-state index contributed by atoms with van der Waals surface area (Å²) in [5.74, 6) is -0.853. The average molecular weight is 418 g/mol. The highest BCUT2D eigenvalue weighted by molar-refractivity contribution is 7.14. The number of nitrogens with zero attached hydrogens (tertiary/aromatic N) is 2. The third kappa shape index (κ3) is 3.69. The Hall–Kier alpha value is -2.25. The number of rotatable bonds is 5. The number of aromatic nitrogens is 1. The van der Waals surface area contributed by atoms with Crippen LogP contribution >= 0.6 is 22.9 Å². The Bertz CT molecular complexity index is 905. The van der Waals surface area contributed by atoms with Crippen LogP contribution < -0.4 is 5.32 Å². The number of likely N-dealkylation sites (tertiary alicyclic amines) is 1. The van der Waals surface area contributed by atoms with Gasteiger partial charge in [-0.2, -0.15) is 0 Å². The third-order valence-electron chi connectivity index (χ3n) is 5.40. The van der Waals surface area contributed by atoms with Gasteiger partial charge in [0.25, 0.3) is 0 Å². The van der Waals surface area contributed by atoms with E-state index in [2.05, 4.69) is 10.3 Å². The predicted octanol–water partition coefficient (Wildman–Crippen LogP) is 3.97. The van der Waals surface area contributed by atoms with Gasteiger partial charge >= 0.3 is 0 Å². The fraction of sp³-hybridized carbons (Fsp3) is 0.400. The van der Waals surface area contributed by atoms with Crippen LogP contribution in [-0.4, -0.2) is 34.2 Å². The summed E-state index contributed by atoms with van der Waals surface area (Å²) in [6.45, 7) is 0.124. The van der Waals surface area contributed by atoms with Crippen molar-refractivity contribution in [3.8, 4) is 11.3 Å². The molecule has 3 amide bonds. The Morgan fingerprint density at radius 2 is 1.86 bits per heavy atom. The van der Waals surface area contributed by atoms with E-state index in [1.54, 1.807) is 6.07 Å². The summed E-state index contributed by atoms with van der Waals surface area (Å²) in [7, 11) is 0. The van der Waals surface area contributed by atoms with Crippen molar-refractivity contribution < 1.29 is 14.4 Å². The van der Waals surface area contributed by atoms with Crippen LogP contribution in [0.5, 0.6) is 0 Å². The van der Waals surface area contributed by atoms with Crippen molar-refractivity contribution in [3.05, 3.63) is 34.7 Å². The van der Waals surface area contributed by atoms with Gasteiger partial charge in [-0.25, -0.2) is 4.98 Å². The van der Waals surface area contributed by atoms with Gasteiger partial charge in [0.2, 0.25) is 17.7 Å². The molecule has 0 bridgehead atoms. The maximum Gasteiger partial charge on any atom is 0.233 e. The highest BCUT2D eigenvalue weighted by Gasteiger charge is 2.47. The summed E-state index contributed by atoms with van der Waals surface area (Å²) < 4.78 is 0. The van der Waals surface area contributed by atoms with Gasteiger partial charge in [-0.1, -0.05) is 42.6 Å². The molecule has 2 heterocycles. The molecular weight excluding hydrogens is 398 g/mol. The Labute approximate surface area is 171 Å². The van der Waals surface area contributed by atoms with Crippen molar-refractivity contribution >= 4 is 45.8 Å². The van der Waals surface area contributed by atoms with Crippen LogP contribution in [0.2, 0.25) is 5.02 Å². The van der Waals surface area contributed by atoms with Crippen LogP contribution in [0.15, 0.2) is 29.6 Å². The molecule has 1 aromatic carbocycles. The molecule has 0 unspecified atom stereocenters. The van der Waals surface area contributed by atoms with E-state index in [-0.39, 0.29) is 42.5 Å². The fourth-order valence-corrected chi connectivity index (χ4v) is 4.93. The summed E-state index contributed by atoms with van der Waals surface area (Å²) in [5.41, 5.74) is 1.50. The zero-order valence-electron chi connectivity index (χ0n) is 15.2. The normalized spacial score (nSPS) is 21.7. The minimum atomic E-state index is -0.268. The Kier molecular flexibility index (Phi) is 5.46. The van der Waals surface area contributed by atoms with Crippen LogP contribution in [0.4, 0.5) is 5.13 Å². The van der Waals surface area contributed by atoms with Crippen LogP contribution in [-0.2, 0) is 14.4 Å². The molecule has 1 saturated heterocycles. The lowest BCUT2D eigenvalue weighted by molar-refractivity contribution is -0.140. The zero-order valence-corrected chi connectivity index (χ0v) is 16.8. The van der Waals surface area contributed by atoms with E-state index < -0.39 is 0 Å². The summed E-state index contributed by atoms with van der Waals surface area (Å²) in [5, 5.41) is 5.63. The molecule has 1 aromatic heterocycles. The van der Waals surface area contributed by atoms with Gasteiger partial charge in [-0.3, -0.25) is 19.3 Å². The van der Waals surface area contributed by atoms with Gasteiger partial charge in [0, 0.05) is 28.9 Å². The molecule has 0 spiro atoms. The summed E-state index contributed by atoms with van der Waals surface area (Å²) in [6.07, 6.45) is 3.61. The minimum Gasteiger partial charge on any atom is -0.302 e. The molecule has 28 heavy (non-hydrogen) atoms. The maximum atomic E-state index is 12.5. The van der Waals surface area contributed by atoms with E-state index in [1.807, 2.05) is 23.6 Å². The van der Waals surface area contributed by atoms with Crippen molar-refractivity contribution in [2.75, 3.05) is 11.9 Å². The smallest absolute Gasteiger partial charge is 0.233 e. The van der Waals surface area contributed by atoms with Crippen molar-refractivity contribution in [1.29, 1.82) is 0 Å². The largest absolute Gasteiger partial charge is 0.302 e. The topological polar surface area (TPSA) is 79.4 Å². The molecule has 2 aromatic rings. The molecule has 2 fully saturated rings. The first kappa shape index (κ1) is 19.1. The van der Waals surface area contributed by atoms with E-state index in [0.29, 0.717) is 15.8 Å². The van der Waals surface area contributed by atoms with Gasteiger partial charge in [-0.05, 0) is 18.9 Å². The molecule has 1 saturated carbocycles. The van der Waals surface area contributed by atoms with Gasteiger partial charge < -0.3 is 5.32 Å². The molecule has 2 atom stereocenters. The monoisotopic (exact) mass is 417 g/mol. The molecule has 146 valence electrons. The number of hydrogen-bond acceptors (Lipinski definition) is 5. The molecule has 0 radical (unpaired) electrons. The van der Waals surface area contributed by atoms with E-state index in [1.165, 1.54) is 16.2 Å². The maximum absolute atomic E-state index is 12.5. The summed E-state index contributed by atoms with van der Waals surface area (Å²) >= 11 is 7.49.